The molecular formula is C9H18O. The zero-order chi connectivity index (χ0) is 7.56. The third-order valence-corrected chi connectivity index (χ3v) is 2.28. The molecule has 3 atom stereocenters. The molecule has 0 bridgehead atoms. The molecule has 1 nitrogen and oxygen atoms in total. The summed E-state index contributed by atoms with van der Waals surface area (Å²) in [5.74, 6) is 0.869. The Morgan fingerprint density at radius 2 is 2.00 bits per heavy atom. The molecule has 60 valence electrons. The van der Waals surface area contributed by atoms with Crippen LogP contribution in [0.15, 0.2) is 0 Å². The van der Waals surface area contributed by atoms with Crippen LogP contribution in [-0.2, 0) is 4.74 Å². The van der Waals surface area contributed by atoms with Crippen molar-refractivity contribution in [1.82, 2.24) is 0 Å². The van der Waals surface area contributed by atoms with Gasteiger partial charge in [-0.05, 0) is 32.1 Å². The molecule has 0 N–H and O–H groups in total. The van der Waals surface area contributed by atoms with Crippen LogP contribution in [0.2, 0.25) is 0 Å². The Labute approximate surface area is 63.8 Å². The molecule has 0 aromatic heterocycles. The van der Waals surface area contributed by atoms with Crippen molar-refractivity contribution in [1.29, 1.82) is 0 Å². The van der Waals surface area contributed by atoms with Crippen LogP contribution in [0, 0.1) is 5.92 Å². The molecule has 0 aliphatic carbocycles. The largest absolute Gasteiger partial charge is 0.375 e. The van der Waals surface area contributed by atoms with E-state index in [1.807, 2.05) is 0 Å². The van der Waals surface area contributed by atoms with E-state index in [0.29, 0.717) is 12.2 Å². The zero-order valence-electron chi connectivity index (χ0n) is 7.26. The lowest BCUT2D eigenvalue weighted by atomic mass is 9.93. The highest BCUT2D eigenvalue weighted by molar-refractivity contribution is 4.71. The van der Waals surface area contributed by atoms with Crippen molar-refractivity contribution in [3.8, 4) is 0 Å². The molecule has 1 aliphatic rings. The first-order chi connectivity index (χ1) is 4.72. The molecule has 0 saturated carbocycles. The van der Waals surface area contributed by atoms with E-state index in [1.165, 1.54) is 19.3 Å². The zero-order valence-corrected chi connectivity index (χ0v) is 7.26. The van der Waals surface area contributed by atoms with Gasteiger partial charge in [0.2, 0.25) is 0 Å². The first-order valence-corrected chi connectivity index (χ1v) is 4.37. The van der Waals surface area contributed by atoms with E-state index in [0.717, 1.165) is 5.92 Å². The minimum atomic E-state index is 0.494. The lowest BCUT2D eigenvalue weighted by Gasteiger charge is -2.31. The first-order valence-electron chi connectivity index (χ1n) is 4.37. The molecule has 10 heavy (non-hydrogen) atoms. The summed E-state index contributed by atoms with van der Waals surface area (Å²) < 4.78 is 5.71. The van der Waals surface area contributed by atoms with Crippen LogP contribution in [0.5, 0.6) is 0 Å². The van der Waals surface area contributed by atoms with Crippen molar-refractivity contribution in [3.05, 3.63) is 0 Å². The van der Waals surface area contributed by atoms with Gasteiger partial charge in [0.05, 0.1) is 12.2 Å². The van der Waals surface area contributed by atoms with Crippen molar-refractivity contribution >= 4 is 0 Å². The molecular weight excluding hydrogens is 124 g/mol. The van der Waals surface area contributed by atoms with Crippen molar-refractivity contribution in [2.24, 2.45) is 5.92 Å². The second kappa shape index (κ2) is 3.38. The summed E-state index contributed by atoms with van der Waals surface area (Å²) in [5.41, 5.74) is 0. The van der Waals surface area contributed by atoms with E-state index < -0.39 is 0 Å². The summed E-state index contributed by atoms with van der Waals surface area (Å²) in [7, 11) is 0. The number of hydrogen-bond donors (Lipinski definition) is 0. The van der Waals surface area contributed by atoms with E-state index in [2.05, 4.69) is 20.8 Å². The quantitative estimate of drug-likeness (QED) is 0.547. The van der Waals surface area contributed by atoms with Crippen molar-refractivity contribution in [2.75, 3.05) is 0 Å². The summed E-state index contributed by atoms with van der Waals surface area (Å²) in [6.07, 6.45) is 4.72. The summed E-state index contributed by atoms with van der Waals surface area (Å²) in [6, 6.07) is 0. The van der Waals surface area contributed by atoms with Gasteiger partial charge in [-0.1, -0.05) is 13.8 Å². The summed E-state index contributed by atoms with van der Waals surface area (Å²) in [5, 5.41) is 0. The number of ether oxygens (including phenoxy) is 1. The third-order valence-electron chi connectivity index (χ3n) is 2.28. The van der Waals surface area contributed by atoms with Gasteiger partial charge >= 0.3 is 0 Å². The fraction of sp³-hybridized carbons (Fsp3) is 1.00. The monoisotopic (exact) mass is 142 g/mol. The number of hydrogen-bond acceptors (Lipinski definition) is 1. The normalized spacial score (nSPS) is 41.7. The van der Waals surface area contributed by atoms with Crippen LogP contribution in [0.25, 0.3) is 0 Å². The maximum atomic E-state index is 5.71. The van der Waals surface area contributed by atoms with Crippen LogP contribution in [-0.4, -0.2) is 12.2 Å². The predicted molar refractivity (Wildman–Crippen MR) is 43.0 cm³/mol. The molecule has 0 amide bonds. The van der Waals surface area contributed by atoms with Gasteiger partial charge in [-0.3, -0.25) is 0 Å². The lowest BCUT2D eigenvalue weighted by molar-refractivity contribution is -0.0594. The molecule has 1 aliphatic heterocycles. The minimum Gasteiger partial charge on any atom is -0.375 e. The van der Waals surface area contributed by atoms with E-state index >= 15 is 0 Å². The topological polar surface area (TPSA) is 9.23 Å². The van der Waals surface area contributed by atoms with E-state index in [4.69, 9.17) is 4.74 Å². The first kappa shape index (κ1) is 8.06. The van der Waals surface area contributed by atoms with Crippen LogP contribution in [0.3, 0.4) is 0 Å². The Bertz CT molecular complexity index is 90.9. The molecule has 1 rings (SSSR count). The Morgan fingerprint density at radius 1 is 1.30 bits per heavy atom. The van der Waals surface area contributed by atoms with Gasteiger partial charge in [0, 0.05) is 0 Å². The average molecular weight is 142 g/mol. The maximum absolute atomic E-state index is 5.71. The van der Waals surface area contributed by atoms with E-state index in [9.17, 15) is 0 Å². The molecule has 1 fully saturated rings. The summed E-state index contributed by atoms with van der Waals surface area (Å²) >= 11 is 0. The molecule has 0 spiro atoms. The highest BCUT2D eigenvalue weighted by atomic mass is 16.5. The minimum absolute atomic E-state index is 0.494. The Hall–Kier alpha value is -0.0400. The molecule has 0 radical (unpaired) electrons. The summed E-state index contributed by atoms with van der Waals surface area (Å²) in [4.78, 5) is 0. The molecule has 1 heteroatoms. The Kier molecular flexibility index (Phi) is 2.72. The lowest BCUT2D eigenvalue weighted by Crippen LogP contribution is -2.29. The van der Waals surface area contributed by atoms with Gasteiger partial charge in [-0.2, -0.15) is 0 Å². The highest BCUT2D eigenvalue weighted by Crippen LogP contribution is 2.25. The van der Waals surface area contributed by atoms with Crippen LogP contribution >= 0.6 is 0 Å². The van der Waals surface area contributed by atoms with E-state index in [-0.39, 0.29) is 0 Å². The molecule has 0 unspecified atom stereocenters. The van der Waals surface area contributed by atoms with Crippen LogP contribution in [0.1, 0.15) is 40.0 Å². The standard InChI is InChI=1S/C9H18O/c1-4-9-6-7(2)5-8(3)10-9/h7-9H,4-6H2,1-3H3/t7-,8+,9-/m1/s1. The Balaban J connectivity index is 2.35. The SMILES string of the molecule is CC[C@@H]1C[C@H](C)C[C@H](C)O1. The fourth-order valence-electron chi connectivity index (χ4n) is 1.81. The van der Waals surface area contributed by atoms with Crippen LogP contribution in [0.4, 0.5) is 0 Å². The smallest absolute Gasteiger partial charge is 0.0578 e. The second-order valence-electron chi connectivity index (χ2n) is 3.55. The van der Waals surface area contributed by atoms with E-state index in [1.54, 1.807) is 0 Å². The second-order valence-corrected chi connectivity index (χ2v) is 3.55. The van der Waals surface area contributed by atoms with Gasteiger partial charge in [-0.15, -0.1) is 0 Å². The fourth-order valence-corrected chi connectivity index (χ4v) is 1.81. The highest BCUT2D eigenvalue weighted by Gasteiger charge is 2.22. The van der Waals surface area contributed by atoms with Crippen molar-refractivity contribution < 1.29 is 4.74 Å². The van der Waals surface area contributed by atoms with Gasteiger partial charge in [0.15, 0.2) is 0 Å². The molecule has 1 heterocycles. The van der Waals surface area contributed by atoms with Gasteiger partial charge < -0.3 is 4.74 Å². The summed E-state index contributed by atoms with van der Waals surface area (Å²) in [6.45, 7) is 6.70. The predicted octanol–water partition coefficient (Wildman–Crippen LogP) is 2.60. The van der Waals surface area contributed by atoms with Crippen LogP contribution < -0.4 is 0 Å². The van der Waals surface area contributed by atoms with Crippen molar-refractivity contribution in [3.63, 3.8) is 0 Å². The molecule has 0 aromatic carbocycles. The van der Waals surface area contributed by atoms with Gasteiger partial charge in [-0.25, -0.2) is 0 Å². The van der Waals surface area contributed by atoms with Gasteiger partial charge in [0.1, 0.15) is 0 Å². The molecule has 0 aromatic rings. The number of rotatable bonds is 1. The average Bonchev–Trinajstić information content (AvgIpc) is 1.85. The third kappa shape index (κ3) is 1.98. The maximum Gasteiger partial charge on any atom is 0.0578 e. The molecule has 1 saturated heterocycles. The Morgan fingerprint density at radius 3 is 2.50 bits per heavy atom. The van der Waals surface area contributed by atoms with Crippen molar-refractivity contribution in [2.45, 2.75) is 52.2 Å². The van der Waals surface area contributed by atoms with Gasteiger partial charge in [0.25, 0.3) is 0 Å².